The van der Waals surface area contributed by atoms with Crippen LogP contribution in [-0.4, -0.2) is 20.7 Å². The number of aromatic nitrogens is 3. The summed E-state index contributed by atoms with van der Waals surface area (Å²) in [4.78, 5) is 17.7. The van der Waals surface area contributed by atoms with Gasteiger partial charge in [0.2, 0.25) is 0 Å². The third-order valence-electron chi connectivity index (χ3n) is 4.38. The topological polar surface area (TPSA) is 73.0 Å². The number of furan rings is 1. The summed E-state index contributed by atoms with van der Waals surface area (Å²) in [5.74, 6) is 0.403. The number of amides is 1. The number of benzene rings is 1. The van der Waals surface area contributed by atoms with Crippen molar-refractivity contribution in [3.05, 3.63) is 66.1 Å². The first-order valence-electron chi connectivity index (χ1n) is 8.83. The second-order valence-electron chi connectivity index (χ2n) is 6.77. The number of carbonyl (C=O) groups is 1. The minimum Gasteiger partial charge on any atom is -0.463 e. The van der Waals surface area contributed by atoms with E-state index in [4.69, 9.17) is 4.42 Å². The summed E-state index contributed by atoms with van der Waals surface area (Å²) in [5, 5.41) is 8.09. The molecule has 0 radical (unpaired) electrons. The number of carbonyl (C=O) groups excluding carboxylic acids is 1. The largest absolute Gasteiger partial charge is 0.463 e. The van der Waals surface area contributed by atoms with E-state index in [9.17, 15) is 4.79 Å². The molecule has 0 fully saturated rings. The summed E-state index contributed by atoms with van der Waals surface area (Å²) in [7, 11) is 0. The molecule has 1 aromatic carbocycles. The van der Waals surface area contributed by atoms with E-state index in [1.165, 1.54) is 0 Å². The van der Waals surface area contributed by atoms with Crippen LogP contribution in [0, 0.1) is 6.92 Å². The number of hydrogen-bond donors (Lipinski definition) is 1. The molecule has 0 aliphatic carbocycles. The van der Waals surface area contributed by atoms with Crippen LogP contribution in [-0.2, 0) is 0 Å². The van der Waals surface area contributed by atoms with Crippen LogP contribution in [0.4, 0.5) is 5.69 Å². The van der Waals surface area contributed by atoms with Gasteiger partial charge in [0.05, 0.1) is 23.4 Å². The van der Waals surface area contributed by atoms with Crippen molar-refractivity contribution in [1.82, 2.24) is 14.8 Å². The Kier molecular flexibility index (Phi) is 4.24. The van der Waals surface area contributed by atoms with Gasteiger partial charge in [-0.3, -0.25) is 4.79 Å². The molecular formula is C21H20N4O2. The van der Waals surface area contributed by atoms with E-state index >= 15 is 0 Å². The van der Waals surface area contributed by atoms with E-state index in [-0.39, 0.29) is 11.9 Å². The summed E-state index contributed by atoms with van der Waals surface area (Å²) < 4.78 is 7.30. The summed E-state index contributed by atoms with van der Waals surface area (Å²) in [5.41, 5.74) is 3.65. The molecule has 1 N–H and O–H groups in total. The molecule has 0 spiro atoms. The van der Waals surface area contributed by atoms with Crippen molar-refractivity contribution in [1.29, 1.82) is 0 Å². The Balaban J connectivity index is 1.82. The normalized spacial score (nSPS) is 11.3. The molecule has 6 nitrogen and oxygen atoms in total. The fraction of sp³-hybridized carbons (Fsp3) is 0.190. The number of fused-ring (bicyclic) bond motifs is 1. The van der Waals surface area contributed by atoms with Crippen LogP contribution in [0.2, 0.25) is 0 Å². The van der Waals surface area contributed by atoms with Crippen molar-refractivity contribution in [3.8, 4) is 11.5 Å². The van der Waals surface area contributed by atoms with Gasteiger partial charge in [0.15, 0.2) is 11.4 Å². The van der Waals surface area contributed by atoms with E-state index in [1.54, 1.807) is 24.6 Å². The molecule has 136 valence electrons. The molecule has 0 bridgehead atoms. The zero-order chi connectivity index (χ0) is 19.0. The standard InChI is InChI=1S/C21H20N4O2/c1-13(2)25-20-17(12-22-25)16(11-18(24-20)19-5-4-10-27-19)21(26)23-15-8-6-14(3)7-9-15/h4-13H,1-3H3,(H,23,26). The third kappa shape index (κ3) is 3.21. The molecule has 6 heteroatoms. The van der Waals surface area contributed by atoms with Crippen LogP contribution < -0.4 is 5.32 Å². The predicted molar refractivity (Wildman–Crippen MR) is 105 cm³/mol. The number of nitrogens with one attached hydrogen (secondary N) is 1. The number of pyridine rings is 1. The SMILES string of the molecule is Cc1ccc(NC(=O)c2cc(-c3ccco3)nc3c2cnn3C(C)C)cc1. The van der Waals surface area contributed by atoms with E-state index in [0.717, 1.165) is 11.3 Å². The Morgan fingerprint density at radius 2 is 1.96 bits per heavy atom. The number of hydrogen-bond acceptors (Lipinski definition) is 4. The molecule has 1 amide bonds. The Morgan fingerprint density at radius 3 is 2.63 bits per heavy atom. The highest BCUT2D eigenvalue weighted by Crippen LogP contribution is 2.27. The lowest BCUT2D eigenvalue weighted by atomic mass is 10.1. The van der Waals surface area contributed by atoms with Crippen molar-refractivity contribution in [3.63, 3.8) is 0 Å². The van der Waals surface area contributed by atoms with Crippen molar-refractivity contribution < 1.29 is 9.21 Å². The minimum absolute atomic E-state index is 0.120. The van der Waals surface area contributed by atoms with Crippen molar-refractivity contribution in [2.75, 3.05) is 5.32 Å². The quantitative estimate of drug-likeness (QED) is 0.565. The summed E-state index contributed by atoms with van der Waals surface area (Å²) in [6.07, 6.45) is 3.28. The lowest BCUT2D eigenvalue weighted by molar-refractivity contribution is 0.102. The Bertz CT molecular complexity index is 1090. The van der Waals surface area contributed by atoms with Gasteiger partial charge in [-0.05, 0) is 51.1 Å². The minimum atomic E-state index is -0.206. The smallest absolute Gasteiger partial charge is 0.256 e. The molecule has 3 heterocycles. The van der Waals surface area contributed by atoms with Gasteiger partial charge in [-0.1, -0.05) is 17.7 Å². The van der Waals surface area contributed by atoms with Gasteiger partial charge in [-0.2, -0.15) is 5.10 Å². The van der Waals surface area contributed by atoms with Crippen molar-refractivity contribution >= 4 is 22.6 Å². The zero-order valence-electron chi connectivity index (χ0n) is 15.4. The van der Waals surface area contributed by atoms with Crippen LogP contribution in [0.3, 0.4) is 0 Å². The van der Waals surface area contributed by atoms with Crippen molar-refractivity contribution in [2.45, 2.75) is 26.8 Å². The van der Waals surface area contributed by atoms with E-state index in [1.807, 2.05) is 55.8 Å². The van der Waals surface area contributed by atoms with Gasteiger partial charge in [-0.15, -0.1) is 0 Å². The van der Waals surface area contributed by atoms with Crippen LogP contribution in [0.25, 0.3) is 22.5 Å². The van der Waals surface area contributed by atoms with Gasteiger partial charge in [0.1, 0.15) is 5.69 Å². The molecule has 27 heavy (non-hydrogen) atoms. The highest BCUT2D eigenvalue weighted by atomic mass is 16.3. The zero-order valence-corrected chi connectivity index (χ0v) is 15.4. The number of anilines is 1. The second kappa shape index (κ2) is 6.72. The van der Waals surface area contributed by atoms with Gasteiger partial charge in [0, 0.05) is 11.7 Å². The first-order chi connectivity index (χ1) is 13.0. The fourth-order valence-corrected chi connectivity index (χ4v) is 2.97. The average Bonchev–Trinajstić information content (AvgIpc) is 3.32. The molecular weight excluding hydrogens is 340 g/mol. The Hall–Kier alpha value is -3.41. The lowest BCUT2D eigenvalue weighted by Gasteiger charge is -2.10. The average molecular weight is 360 g/mol. The summed E-state index contributed by atoms with van der Waals surface area (Å²) in [6, 6.07) is 13.2. The molecule has 0 unspecified atom stereocenters. The van der Waals surface area contributed by atoms with Crippen LogP contribution >= 0.6 is 0 Å². The van der Waals surface area contributed by atoms with Gasteiger partial charge >= 0.3 is 0 Å². The molecule has 3 aromatic heterocycles. The number of aryl methyl sites for hydroxylation is 1. The van der Waals surface area contributed by atoms with Crippen LogP contribution in [0.1, 0.15) is 35.8 Å². The van der Waals surface area contributed by atoms with Gasteiger partial charge in [-0.25, -0.2) is 9.67 Å². The highest BCUT2D eigenvalue weighted by Gasteiger charge is 2.19. The highest BCUT2D eigenvalue weighted by molar-refractivity contribution is 6.12. The maximum absolute atomic E-state index is 13.0. The van der Waals surface area contributed by atoms with E-state index in [0.29, 0.717) is 28.1 Å². The van der Waals surface area contributed by atoms with Gasteiger partial charge in [0.25, 0.3) is 5.91 Å². The fourth-order valence-electron chi connectivity index (χ4n) is 2.97. The maximum atomic E-state index is 13.0. The third-order valence-corrected chi connectivity index (χ3v) is 4.38. The molecule has 4 rings (SSSR count). The molecule has 0 atom stereocenters. The molecule has 0 aliphatic heterocycles. The van der Waals surface area contributed by atoms with Crippen LogP contribution in [0.15, 0.2) is 59.3 Å². The Labute approximate surface area is 156 Å². The van der Waals surface area contributed by atoms with Crippen molar-refractivity contribution in [2.24, 2.45) is 0 Å². The number of rotatable bonds is 4. The molecule has 0 aliphatic rings. The summed E-state index contributed by atoms with van der Waals surface area (Å²) >= 11 is 0. The van der Waals surface area contributed by atoms with Gasteiger partial charge < -0.3 is 9.73 Å². The Morgan fingerprint density at radius 1 is 1.19 bits per heavy atom. The van der Waals surface area contributed by atoms with Crippen LogP contribution in [0.5, 0.6) is 0 Å². The molecule has 0 saturated carbocycles. The first-order valence-corrected chi connectivity index (χ1v) is 8.83. The maximum Gasteiger partial charge on any atom is 0.256 e. The monoisotopic (exact) mass is 360 g/mol. The predicted octanol–water partition coefficient (Wildman–Crippen LogP) is 4.83. The summed E-state index contributed by atoms with van der Waals surface area (Å²) in [6.45, 7) is 6.06. The lowest BCUT2D eigenvalue weighted by Crippen LogP contribution is -2.13. The van der Waals surface area contributed by atoms with E-state index in [2.05, 4.69) is 15.4 Å². The molecule has 0 saturated heterocycles. The second-order valence-corrected chi connectivity index (χ2v) is 6.77. The van der Waals surface area contributed by atoms with E-state index < -0.39 is 0 Å². The first kappa shape index (κ1) is 17.0. The molecule has 4 aromatic rings. The number of nitrogens with zero attached hydrogens (tertiary/aromatic N) is 3.